The van der Waals surface area contributed by atoms with E-state index in [1.165, 1.54) is 30.5 Å². The summed E-state index contributed by atoms with van der Waals surface area (Å²) >= 11 is 0. The van der Waals surface area contributed by atoms with Gasteiger partial charge in [-0.3, -0.25) is 9.69 Å². The Morgan fingerprint density at radius 2 is 1.74 bits per heavy atom. The minimum atomic E-state index is -0.342. The number of nitrogens with one attached hydrogen (secondary N) is 1. The Morgan fingerprint density at radius 1 is 0.949 bits per heavy atom. The van der Waals surface area contributed by atoms with Gasteiger partial charge in [-0.15, -0.1) is 0 Å². The molecule has 0 bridgehead atoms. The third-order valence-corrected chi connectivity index (χ3v) is 8.00. The van der Waals surface area contributed by atoms with Crippen molar-refractivity contribution in [1.82, 2.24) is 10.2 Å². The molecule has 0 unspecified atom stereocenters. The summed E-state index contributed by atoms with van der Waals surface area (Å²) < 4.78 is 19.7. The van der Waals surface area contributed by atoms with Gasteiger partial charge in [0.2, 0.25) is 0 Å². The molecule has 2 atom stereocenters. The van der Waals surface area contributed by atoms with Crippen molar-refractivity contribution in [3.8, 4) is 5.75 Å². The van der Waals surface area contributed by atoms with Crippen LogP contribution in [0.25, 0.3) is 0 Å². The second-order valence-electron chi connectivity index (χ2n) is 10.9. The average Bonchev–Trinajstić information content (AvgIpc) is 3.49. The molecule has 2 fully saturated rings. The van der Waals surface area contributed by atoms with Gasteiger partial charge in [0.05, 0.1) is 0 Å². The molecule has 0 radical (unpaired) electrons. The summed E-state index contributed by atoms with van der Waals surface area (Å²) in [4.78, 5) is 18.1. The van der Waals surface area contributed by atoms with Crippen LogP contribution in [0.1, 0.15) is 54.4 Å². The molecule has 1 amide bonds. The molecule has 5 nitrogen and oxygen atoms in total. The first-order chi connectivity index (χ1) is 19.1. The molecule has 5 rings (SSSR count). The first-order valence-corrected chi connectivity index (χ1v) is 14.4. The molecular formula is C33H40FN3O2. The van der Waals surface area contributed by atoms with Gasteiger partial charge in [0, 0.05) is 43.0 Å². The Bertz CT molecular complexity index is 1180. The summed E-state index contributed by atoms with van der Waals surface area (Å²) in [5.41, 5.74) is 2.60. The Labute approximate surface area is 232 Å². The van der Waals surface area contributed by atoms with E-state index in [4.69, 9.17) is 4.74 Å². The van der Waals surface area contributed by atoms with E-state index >= 15 is 0 Å². The molecular weight excluding hydrogens is 489 g/mol. The smallest absolute Gasteiger partial charge is 0.258 e. The monoisotopic (exact) mass is 529 g/mol. The molecule has 1 aliphatic carbocycles. The Hall–Kier alpha value is -3.22. The zero-order valence-corrected chi connectivity index (χ0v) is 22.7. The van der Waals surface area contributed by atoms with E-state index in [9.17, 15) is 9.18 Å². The van der Waals surface area contributed by atoms with Crippen LogP contribution in [0, 0.1) is 11.7 Å². The van der Waals surface area contributed by atoms with Gasteiger partial charge in [0.15, 0.2) is 0 Å². The van der Waals surface area contributed by atoms with Gasteiger partial charge in [0.1, 0.15) is 18.2 Å². The zero-order valence-electron chi connectivity index (χ0n) is 22.7. The lowest BCUT2D eigenvalue weighted by Crippen LogP contribution is -2.40. The van der Waals surface area contributed by atoms with E-state index in [1.807, 2.05) is 35.2 Å². The summed E-state index contributed by atoms with van der Waals surface area (Å²) in [6, 6.07) is 24.6. The molecule has 1 saturated heterocycles. The molecule has 39 heavy (non-hydrogen) atoms. The van der Waals surface area contributed by atoms with Crippen LogP contribution in [0.4, 0.5) is 10.1 Å². The van der Waals surface area contributed by atoms with Crippen LogP contribution in [-0.4, -0.2) is 49.6 Å². The summed E-state index contributed by atoms with van der Waals surface area (Å²) in [6.07, 6.45) is 6.92. The summed E-state index contributed by atoms with van der Waals surface area (Å²) in [5.74, 6) is 0.695. The fraction of sp³-hybridized carbons (Fsp3) is 0.424. The lowest BCUT2D eigenvalue weighted by atomic mass is 9.85. The van der Waals surface area contributed by atoms with Crippen LogP contribution in [0.3, 0.4) is 0 Å². The third kappa shape index (κ3) is 7.90. The highest BCUT2D eigenvalue weighted by molar-refractivity contribution is 6.06. The number of carbonyl (C=O) groups excluding carboxylic acids is 1. The number of benzene rings is 3. The highest BCUT2D eigenvalue weighted by Gasteiger charge is 2.27. The Kier molecular flexibility index (Phi) is 9.62. The molecule has 0 spiro atoms. The maximum absolute atomic E-state index is 13.8. The van der Waals surface area contributed by atoms with Crippen LogP contribution >= 0.6 is 0 Å². The van der Waals surface area contributed by atoms with Crippen molar-refractivity contribution in [1.29, 1.82) is 0 Å². The molecule has 6 heteroatoms. The van der Waals surface area contributed by atoms with Gasteiger partial charge < -0.3 is 15.0 Å². The number of likely N-dealkylation sites (tertiary alicyclic amines) is 1. The second-order valence-corrected chi connectivity index (χ2v) is 10.9. The minimum Gasteiger partial charge on any atom is -0.492 e. The minimum absolute atomic E-state index is 0.108. The third-order valence-electron chi connectivity index (χ3n) is 8.00. The SMILES string of the molecule is O=C(c1ccc(F)cc1)N(C[C@@H]1CCC[C@H](NCc2ccccc2)C1)c1cccc(OCCN2CCCC2)c1. The van der Waals surface area contributed by atoms with E-state index in [0.29, 0.717) is 30.7 Å². The molecule has 1 N–H and O–H groups in total. The lowest BCUT2D eigenvalue weighted by Gasteiger charge is -2.34. The molecule has 3 aromatic carbocycles. The van der Waals surface area contributed by atoms with Crippen LogP contribution < -0.4 is 15.0 Å². The van der Waals surface area contributed by atoms with Gasteiger partial charge in [-0.05, 0) is 93.1 Å². The van der Waals surface area contributed by atoms with Crippen LogP contribution in [0.15, 0.2) is 78.9 Å². The number of anilines is 1. The van der Waals surface area contributed by atoms with Gasteiger partial charge in [-0.2, -0.15) is 0 Å². The highest BCUT2D eigenvalue weighted by atomic mass is 19.1. The molecule has 1 aliphatic heterocycles. The number of ether oxygens (including phenoxy) is 1. The number of rotatable bonds is 11. The van der Waals surface area contributed by atoms with Gasteiger partial charge in [0.25, 0.3) is 5.91 Å². The normalized spacial score (nSPS) is 19.6. The van der Waals surface area contributed by atoms with E-state index in [1.54, 1.807) is 12.1 Å². The first-order valence-electron chi connectivity index (χ1n) is 14.4. The molecule has 1 heterocycles. The number of amides is 1. The molecule has 2 aliphatic rings. The maximum Gasteiger partial charge on any atom is 0.258 e. The standard InChI is InChI=1S/C33H40FN3O2/c34-29-16-14-28(15-17-29)33(38)37(31-12-7-13-32(23-31)39-21-20-36-18-4-5-19-36)25-27-10-6-11-30(22-27)35-24-26-8-2-1-3-9-26/h1-3,7-9,12-17,23,27,30,35H,4-6,10-11,18-22,24-25H2/t27-,30+/m1/s1. The van der Waals surface area contributed by atoms with Crippen molar-refractivity contribution in [3.05, 3.63) is 95.8 Å². The van der Waals surface area contributed by atoms with E-state index in [2.05, 4.69) is 34.5 Å². The maximum atomic E-state index is 13.8. The second kappa shape index (κ2) is 13.7. The number of hydrogen-bond acceptors (Lipinski definition) is 4. The lowest BCUT2D eigenvalue weighted by molar-refractivity contribution is 0.0979. The van der Waals surface area contributed by atoms with E-state index < -0.39 is 0 Å². The van der Waals surface area contributed by atoms with Crippen LogP contribution in [0.5, 0.6) is 5.75 Å². The highest BCUT2D eigenvalue weighted by Crippen LogP contribution is 2.30. The molecule has 3 aromatic rings. The van der Waals surface area contributed by atoms with Crippen LogP contribution in [0.2, 0.25) is 0 Å². The average molecular weight is 530 g/mol. The zero-order chi connectivity index (χ0) is 26.9. The largest absolute Gasteiger partial charge is 0.492 e. The predicted octanol–water partition coefficient (Wildman–Crippen LogP) is 6.30. The van der Waals surface area contributed by atoms with Crippen molar-refractivity contribution in [2.24, 2.45) is 5.92 Å². The number of halogens is 1. The molecule has 0 aromatic heterocycles. The number of hydrogen-bond donors (Lipinski definition) is 1. The van der Waals surface area contributed by atoms with Gasteiger partial charge in [-0.25, -0.2) is 4.39 Å². The van der Waals surface area contributed by atoms with Crippen molar-refractivity contribution in [2.45, 2.75) is 51.1 Å². The fourth-order valence-electron chi connectivity index (χ4n) is 5.85. The quantitative estimate of drug-likeness (QED) is 0.317. The Balaban J connectivity index is 1.27. The topological polar surface area (TPSA) is 44.8 Å². The van der Waals surface area contributed by atoms with Gasteiger partial charge in [-0.1, -0.05) is 42.8 Å². The molecule has 206 valence electrons. The summed E-state index contributed by atoms with van der Waals surface area (Å²) in [6.45, 7) is 5.32. The van der Waals surface area contributed by atoms with Crippen molar-refractivity contribution < 1.29 is 13.9 Å². The first kappa shape index (κ1) is 27.4. The van der Waals surface area contributed by atoms with Gasteiger partial charge >= 0.3 is 0 Å². The fourth-order valence-corrected chi connectivity index (χ4v) is 5.85. The van der Waals surface area contributed by atoms with Crippen molar-refractivity contribution in [3.63, 3.8) is 0 Å². The van der Waals surface area contributed by atoms with E-state index in [-0.39, 0.29) is 11.7 Å². The predicted molar refractivity (Wildman–Crippen MR) is 155 cm³/mol. The number of carbonyl (C=O) groups is 1. The van der Waals surface area contributed by atoms with E-state index in [0.717, 1.165) is 63.3 Å². The van der Waals surface area contributed by atoms with Crippen molar-refractivity contribution >= 4 is 11.6 Å². The summed E-state index contributed by atoms with van der Waals surface area (Å²) in [5, 5.41) is 3.73. The van der Waals surface area contributed by atoms with Crippen LogP contribution in [-0.2, 0) is 6.54 Å². The van der Waals surface area contributed by atoms with Crippen molar-refractivity contribution in [2.75, 3.05) is 37.7 Å². The Morgan fingerprint density at radius 3 is 2.54 bits per heavy atom. The molecule has 1 saturated carbocycles. The number of nitrogens with zero attached hydrogens (tertiary/aromatic N) is 2. The summed E-state index contributed by atoms with van der Waals surface area (Å²) in [7, 11) is 0.